The molecule has 1 heterocycles. The number of sulfonamides is 1. The molecule has 0 radical (unpaired) electrons. The standard InChI is InChI=1S/C13H13FN2O3S/c1-20(17,18)16-9-10-2-7-13(15-8-10)19-12-5-3-11(14)4-6-12/h2-8,16H,9H2,1H3. The first-order chi connectivity index (χ1) is 9.42. The van der Waals surface area contributed by atoms with Crippen molar-refractivity contribution < 1.29 is 17.5 Å². The van der Waals surface area contributed by atoms with Crippen molar-refractivity contribution in [3.63, 3.8) is 0 Å². The van der Waals surface area contributed by atoms with E-state index in [-0.39, 0.29) is 12.4 Å². The molecule has 0 saturated heterocycles. The quantitative estimate of drug-likeness (QED) is 0.917. The summed E-state index contributed by atoms with van der Waals surface area (Å²) in [6.07, 6.45) is 2.60. The summed E-state index contributed by atoms with van der Waals surface area (Å²) < 4.78 is 42.4. The second-order valence-corrected chi connectivity index (χ2v) is 5.99. The molecule has 0 aliphatic carbocycles. The molecular weight excluding hydrogens is 283 g/mol. The molecule has 0 spiro atoms. The van der Waals surface area contributed by atoms with E-state index < -0.39 is 10.0 Å². The van der Waals surface area contributed by atoms with E-state index in [0.717, 1.165) is 6.26 Å². The second-order valence-electron chi connectivity index (χ2n) is 4.15. The van der Waals surface area contributed by atoms with E-state index in [1.54, 1.807) is 12.1 Å². The third-order valence-corrected chi connectivity index (χ3v) is 3.04. The lowest BCUT2D eigenvalue weighted by Crippen LogP contribution is -2.21. The minimum atomic E-state index is -3.23. The predicted molar refractivity (Wildman–Crippen MR) is 72.4 cm³/mol. The Morgan fingerprint density at radius 1 is 1.20 bits per heavy atom. The van der Waals surface area contributed by atoms with Crippen molar-refractivity contribution in [2.24, 2.45) is 0 Å². The maximum absolute atomic E-state index is 12.7. The first-order valence-corrected chi connectivity index (χ1v) is 7.64. The van der Waals surface area contributed by atoms with Crippen LogP contribution in [0.15, 0.2) is 42.6 Å². The van der Waals surface area contributed by atoms with Gasteiger partial charge in [-0.3, -0.25) is 0 Å². The van der Waals surface area contributed by atoms with Crippen molar-refractivity contribution in [2.45, 2.75) is 6.54 Å². The highest BCUT2D eigenvalue weighted by molar-refractivity contribution is 7.88. The molecule has 5 nitrogen and oxygen atoms in total. The van der Waals surface area contributed by atoms with Crippen LogP contribution in [0.25, 0.3) is 0 Å². The fraction of sp³-hybridized carbons (Fsp3) is 0.154. The van der Waals surface area contributed by atoms with Gasteiger partial charge in [-0.15, -0.1) is 0 Å². The van der Waals surface area contributed by atoms with E-state index in [1.165, 1.54) is 30.5 Å². The number of pyridine rings is 1. The van der Waals surface area contributed by atoms with Crippen molar-refractivity contribution in [3.8, 4) is 11.6 Å². The second kappa shape index (κ2) is 5.98. The van der Waals surface area contributed by atoms with Gasteiger partial charge < -0.3 is 4.74 Å². The van der Waals surface area contributed by atoms with Gasteiger partial charge in [0.15, 0.2) is 0 Å². The maximum Gasteiger partial charge on any atom is 0.219 e. The summed E-state index contributed by atoms with van der Waals surface area (Å²) in [6, 6.07) is 8.89. The first-order valence-electron chi connectivity index (χ1n) is 5.75. The van der Waals surface area contributed by atoms with Gasteiger partial charge in [-0.1, -0.05) is 6.07 Å². The Balaban J connectivity index is 1.99. The van der Waals surface area contributed by atoms with Gasteiger partial charge in [0, 0.05) is 18.8 Å². The van der Waals surface area contributed by atoms with E-state index in [1.807, 2.05) is 0 Å². The lowest BCUT2D eigenvalue weighted by molar-refractivity contribution is 0.461. The molecule has 2 aromatic rings. The van der Waals surface area contributed by atoms with Crippen molar-refractivity contribution in [1.29, 1.82) is 0 Å². The molecular formula is C13H13FN2O3S. The first kappa shape index (κ1) is 14.4. The summed E-state index contributed by atoms with van der Waals surface area (Å²) in [4.78, 5) is 4.05. The molecule has 20 heavy (non-hydrogen) atoms. The Morgan fingerprint density at radius 3 is 2.45 bits per heavy atom. The highest BCUT2D eigenvalue weighted by Gasteiger charge is 2.03. The fourth-order valence-corrected chi connectivity index (χ4v) is 1.84. The zero-order valence-electron chi connectivity index (χ0n) is 10.7. The smallest absolute Gasteiger partial charge is 0.219 e. The van der Waals surface area contributed by atoms with E-state index in [2.05, 4.69) is 9.71 Å². The van der Waals surface area contributed by atoms with Gasteiger partial charge >= 0.3 is 0 Å². The Hall–Kier alpha value is -1.99. The lowest BCUT2D eigenvalue weighted by Gasteiger charge is -2.06. The lowest BCUT2D eigenvalue weighted by atomic mass is 10.3. The molecule has 0 unspecified atom stereocenters. The molecule has 0 atom stereocenters. The predicted octanol–water partition coefficient (Wildman–Crippen LogP) is 2.06. The third-order valence-electron chi connectivity index (χ3n) is 2.37. The monoisotopic (exact) mass is 296 g/mol. The number of hydrogen-bond acceptors (Lipinski definition) is 4. The van der Waals surface area contributed by atoms with Crippen LogP contribution in [0.4, 0.5) is 4.39 Å². The average molecular weight is 296 g/mol. The summed E-state index contributed by atoms with van der Waals surface area (Å²) in [7, 11) is -3.23. The van der Waals surface area contributed by atoms with Crippen molar-refractivity contribution in [1.82, 2.24) is 9.71 Å². The van der Waals surface area contributed by atoms with Gasteiger partial charge in [-0.05, 0) is 29.8 Å². The van der Waals surface area contributed by atoms with Crippen LogP contribution in [0.2, 0.25) is 0 Å². The topological polar surface area (TPSA) is 68.3 Å². The molecule has 0 fully saturated rings. The molecule has 0 aliphatic rings. The largest absolute Gasteiger partial charge is 0.439 e. The number of ether oxygens (including phenoxy) is 1. The summed E-state index contributed by atoms with van der Waals surface area (Å²) in [5, 5.41) is 0. The van der Waals surface area contributed by atoms with Crippen LogP contribution >= 0.6 is 0 Å². The van der Waals surface area contributed by atoms with Crippen LogP contribution in [-0.4, -0.2) is 19.7 Å². The van der Waals surface area contributed by atoms with Crippen LogP contribution in [0.3, 0.4) is 0 Å². The van der Waals surface area contributed by atoms with Crippen LogP contribution in [0.1, 0.15) is 5.56 Å². The number of rotatable bonds is 5. The van der Waals surface area contributed by atoms with Crippen molar-refractivity contribution >= 4 is 10.0 Å². The Morgan fingerprint density at radius 2 is 1.90 bits per heavy atom. The Bertz CT molecular complexity index is 670. The van der Waals surface area contributed by atoms with Crippen LogP contribution in [0.5, 0.6) is 11.6 Å². The zero-order valence-corrected chi connectivity index (χ0v) is 11.5. The van der Waals surface area contributed by atoms with Gasteiger partial charge in [0.05, 0.1) is 6.26 Å². The van der Waals surface area contributed by atoms with Crippen LogP contribution < -0.4 is 9.46 Å². The molecule has 0 bridgehead atoms. The molecule has 0 saturated carbocycles. The normalized spacial score (nSPS) is 11.3. The number of halogens is 1. The van der Waals surface area contributed by atoms with E-state index in [9.17, 15) is 12.8 Å². The van der Waals surface area contributed by atoms with E-state index >= 15 is 0 Å². The van der Waals surface area contributed by atoms with Crippen molar-refractivity contribution in [3.05, 3.63) is 54.0 Å². The molecule has 106 valence electrons. The summed E-state index contributed by atoms with van der Waals surface area (Å²) in [5.41, 5.74) is 0.710. The van der Waals surface area contributed by atoms with Gasteiger partial charge in [-0.2, -0.15) is 0 Å². The van der Waals surface area contributed by atoms with Crippen molar-refractivity contribution in [2.75, 3.05) is 6.26 Å². The third kappa shape index (κ3) is 4.60. The molecule has 1 aromatic carbocycles. The molecule has 0 amide bonds. The highest BCUT2D eigenvalue weighted by atomic mass is 32.2. The maximum atomic E-state index is 12.7. The van der Waals surface area contributed by atoms with Gasteiger partial charge in [0.2, 0.25) is 15.9 Å². The number of aromatic nitrogens is 1. The molecule has 1 N–H and O–H groups in total. The van der Waals surface area contributed by atoms with Crippen LogP contribution in [0, 0.1) is 5.82 Å². The number of nitrogens with one attached hydrogen (secondary N) is 1. The fourth-order valence-electron chi connectivity index (χ4n) is 1.41. The zero-order chi connectivity index (χ0) is 14.6. The number of nitrogens with zero attached hydrogens (tertiary/aromatic N) is 1. The Labute approximate surface area is 116 Å². The van der Waals surface area contributed by atoms with Gasteiger partial charge in [0.1, 0.15) is 11.6 Å². The highest BCUT2D eigenvalue weighted by Crippen LogP contribution is 2.19. The summed E-state index contributed by atoms with van der Waals surface area (Å²) >= 11 is 0. The molecule has 0 aliphatic heterocycles. The van der Waals surface area contributed by atoms with Gasteiger partial charge in [0.25, 0.3) is 0 Å². The SMILES string of the molecule is CS(=O)(=O)NCc1ccc(Oc2ccc(F)cc2)nc1. The summed E-state index contributed by atoms with van der Waals surface area (Å²) in [5.74, 6) is 0.480. The van der Waals surface area contributed by atoms with E-state index in [4.69, 9.17) is 4.74 Å². The molecule has 7 heteroatoms. The van der Waals surface area contributed by atoms with Gasteiger partial charge in [-0.25, -0.2) is 22.5 Å². The number of benzene rings is 1. The minimum Gasteiger partial charge on any atom is -0.439 e. The molecule has 1 aromatic heterocycles. The summed E-state index contributed by atoms with van der Waals surface area (Å²) in [6.45, 7) is 0.169. The van der Waals surface area contributed by atoms with E-state index in [0.29, 0.717) is 17.2 Å². The average Bonchev–Trinajstić information content (AvgIpc) is 2.40. The number of hydrogen-bond donors (Lipinski definition) is 1. The van der Waals surface area contributed by atoms with Crippen LogP contribution in [-0.2, 0) is 16.6 Å². The minimum absolute atomic E-state index is 0.169. The molecule has 2 rings (SSSR count). The Kier molecular flexibility index (Phi) is 4.31.